The summed E-state index contributed by atoms with van der Waals surface area (Å²) in [5.41, 5.74) is 1.45. The van der Waals surface area contributed by atoms with E-state index in [1.165, 1.54) is 18.4 Å². The van der Waals surface area contributed by atoms with Crippen molar-refractivity contribution in [1.82, 2.24) is 5.32 Å². The molecular weight excluding hydrogens is 174 g/mol. The van der Waals surface area contributed by atoms with E-state index in [2.05, 4.69) is 32.2 Å². The highest BCUT2D eigenvalue weighted by molar-refractivity contribution is 5.08. The van der Waals surface area contributed by atoms with E-state index in [1.54, 1.807) is 0 Å². The molecule has 0 saturated carbocycles. The summed E-state index contributed by atoms with van der Waals surface area (Å²) in [6.07, 6.45) is 4.88. The van der Waals surface area contributed by atoms with Crippen molar-refractivity contribution in [2.24, 2.45) is 5.92 Å². The summed E-state index contributed by atoms with van der Waals surface area (Å²) in [6, 6.07) is 0.502. The van der Waals surface area contributed by atoms with Crippen LogP contribution in [0.1, 0.15) is 33.6 Å². The number of hydrogen-bond donors (Lipinski definition) is 1. The molecule has 2 unspecified atom stereocenters. The van der Waals surface area contributed by atoms with Gasteiger partial charge in [-0.3, -0.25) is 0 Å². The van der Waals surface area contributed by atoms with Crippen LogP contribution in [0.15, 0.2) is 11.6 Å². The highest BCUT2D eigenvalue weighted by Crippen LogP contribution is 2.17. The molecule has 0 amide bonds. The Kier molecular flexibility index (Phi) is 5.20. The molecule has 2 nitrogen and oxygen atoms in total. The Bertz CT molecular complexity index is 183. The summed E-state index contributed by atoms with van der Waals surface area (Å²) in [6.45, 7) is 9.48. The van der Waals surface area contributed by atoms with Gasteiger partial charge in [-0.05, 0) is 33.2 Å². The molecule has 0 aromatic heterocycles. The van der Waals surface area contributed by atoms with E-state index >= 15 is 0 Å². The Balaban J connectivity index is 2.39. The van der Waals surface area contributed by atoms with Crippen LogP contribution in [0.25, 0.3) is 0 Å². The maximum absolute atomic E-state index is 5.46. The van der Waals surface area contributed by atoms with Gasteiger partial charge >= 0.3 is 0 Å². The first-order valence-corrected chi connectivity index (χ1v) is 5.73. The molecular formula is C12H23NO. The van der Waals surface area contributed by atoms with E-state index in [-0.39, 0.29) is 0 Å². The molecule has 2 atom stereocenters. The van der Waals surface area contributed by atoms with Gasteiger partial charge in [-0.15, -0.1) is 0 Å². The van der Waals surface area contributed by atoms with Crippen LogP contribution in [0, 0.1) is 5.92 Å². The van der Waals surface area contributed by atoms with Crippen molar-refractivity contribution in [3.63, 3.8) is 0 Å². The molecule has 0 aromatic carbocycles. The van der Waals surface area contributed by atoms with Crippen molar-refractivity contribution in [3.8, 4) is 0 Å². The van der Waals surface area contributed by atoms with E-state index in [0.29, 0.717) is 12.0 Å². The summed E-state index contributed by atoms with van der Waals surface area (Å²) in [5.74, 6) is 0.643. The largest absolute Gasteiger partial charge is 0.381 e. The Morgan fingerprint density at radius 2 is 2.43 bits per heavy atom. The fourth-order valence-electron chi connectivity index (χ4n) is 1.88. The molecule has 0 aliphatic carbocycles. The van der Waals surface area contributed by atoms with E-state index in [9.17, 15) is 0 Å². The van der Waals surface area contributed by atoms with Crippen molar-refractivity contribution in [2.45, 2.75) is 39.7 Å². The molecule has 0 radical (unpaired) electrons. The lowest BCUT2D eigenvalue weighted by Gasteiger charge is -2.21. The number of rotatable bonds is 4. The molecule has 1 aliphatic heterocycles. The fraction of sp³-hybridized carbons (Fsp3) is 0.833. The lowest BCUT2D eigenvalue weighted by atomic mass is 9.97. The normalized spacial score (nSPS) is 26.2. The Labute approximate surface area is 87.7 Å². The molecule has 1 fully saturated rings. The van der Waals surface area contributed by atoms with Crippen LogP contribution in [0.3, 0.4) is 0 Å². The number of ether oxygens (including phenoxy) is 1. The molecule has 1 N–H and O–H groups in total. The molecule has 0 spiro atoms. The van der Waals surface area contributed by atoms with Crippen molar-refractivity contribution < 1.29 is 4.74 Å². The monoisotopic (exact) mass is 197 g/mol. The smallest absolute Gasteiger partial charge is 0.0528 e. The zero-order chi connectivity index (χ0) is 10.4. The second-order valence-corrected chi connectivity index (χ2v) is 4.17. The first kappa shape index (κ1) is 11.7. The summed E-state index contributed by atoms with van der Waals surface area (Å²) in [7, 11) is 0. The van der Waals surface area contributed by atoms with Crippen molar-refractivity contribution in [2.75, 3.05) is 19.8 Å². The molecule has 82 valence electrons. The van der Waals surface area contributed by atoms with Crippen molar-refractivity contribution in [1.29, 1.82) is 0 Å². The second kappa shape index (κ2) is 6.20. The quantitative estimate of drug-likeness (QED) is 0.699. The zero-order valence-corrected chi connectivity index (χ0v) is 9.68. The van der Waals surface area contributed by atoms with Gasteiger partial charge < -0.3 is 10.1 Å². The highest BCUT2D eigenvalue weighted by atomic mass is 16.5. The number of nitrogens with one attached hydrogen (secondary N) is 1. The van der Waals surface area contributed by atoms with Crippen LogP contribution in [0.5, 0.6) is 0 Å². The lowest BCUT2D eigenvalue weighted by molar-refractivity contribution is 0.0707. The molecule has 1 heterocycles. The van der Waals surface area contributed by atoms with Gasteiger partial charge in [0.15, 0.2) is 0 Å². The van der Waals surface area contributed by atoms with Crippen molar-refractivity contribution >= 4 is 0 Å². The lowest BCUT2D eigenvalue weighted by Crippen LogP contribution is -2.27. The molecule has 2 heteroatoms. The van der Waals surface area contributed by atoms with Crippen LogP contribution < -0.4 is 5.32 Å². The summed E-state index contributed by atoms with van der Waals surface area (Å²) >= 11 is 0. The topological polar surface area (TPSA) is 21.3 Å². The maximum Gasteiger partial charge on any atom is 0.0528 e. The maximum atomic E-state index is 5.46. The third kappa shape index (κ3) is 3.81. The van der Waals surface area contributed by atoms with Gasteiger partial charge in [-0.2, -0.15) is 0 Å². The van der Waals surface area contributed by atoms with Gasteiger partial charge in [0.25, 0.3) is 0 Å². The predicted octanol–water partition coefficient (Wildman–Crippen LogP) is 2.36. The molecule has 1 rings (SSSR count). The second-order valence-electron chi connectivity index (χ2n) is 4.17. The zero-order valence-electron chi connectivity index (χ0n) is 9.68. The first-order chi connectivity index (χ1) is 6.74. The predicted molar refractivity (Wildman–Crippen MR) is 60.4 cm³/mol. The van der Waals surface area contributed by atoms with E-state index < -0.39 is 0 Å². The standard InChI is InChI=1S/C12H23NO/c1-4-13-11(3)10(2)8-12-6-5-7-14-9-12/h8,11-13H,4-7,9H2,1-3H3. The van der Waals surface area contributed by atoms with Gasteiger partial charge in [0.2, 0.25) is 0 Å². The Hall–Kier alpha value is -0.340. The van der Waals surface area contributed by atoms with Crippen LogP contribution in [0.4, 0.5) is 0 Å². The Morgan fingerprint density at radius 3 is 3.00 bits per heavy atom. The van der Waals surface area contributed by atoms with Crippen LogP contribution in [-0.2, 0) is 4.74 Å². The summed E-state index contributed by atoms with van der Waals surface area (Å²) in [4.78, 5) is 0. The van der Waals surface area contributed by atoms with Gasteiger partial charge in [-0.25, -0.2) is 0 Å². The molecule has 1 aliphatic rings. The first-order valence-electron chi connectivity index (χ1n) is 5.73. The number of hydrogen-bond acceptors (Lipinski definition) is 2. The minimum atomic E-state index is 0.502. The average molecular weight is 197 g/mol. The third-order valence-electron chi connectivity index (χ3n) is 2.89. The molecule has 0 aromatic rings. The van der Waals surface area contributed by atoms with Gasteiger partial charge in [-0.1, -0.05) is 18.6 Å². The fourth-order valence-corrected chi connectivity index (χ4v) is 1.88. The molecule has 0 bridgehead atoms. The van der Waals surface area contributed by atoms with Crippen molar-refractivity contribution in [3.05, 3.63) is 11.6 Å². The van der Waals surface area contributed by atoms with Gasteiger partial charge in [0.1, 0.15) is 0 Å². The SMILES string of the molecule is CCNC(C)C(C)=CC1CCCOC1. The number of likely N-dealkylation sites (N-methyl/N-ethyl adjacent to an activating group) is 1. The summed E-state index contributed by atoms with van der Waals surface area (Å²) < 4.78 is 5.46. The van der Waals surface area contributed by atoms with E-state index in [1.807, 2.05) is 0 Å². The minimum absolute atomic E-state index is 0.502. The van der Waals surface area contributed by atoms with E-state index in [4.69, 9.17) is 4.74 Å². The van der Waals surface area contributed by atoms with Gasteiger partial charge in [0, 0.05) is 18.6 Å². The Morgan fingerprint density at radius 1 is 1.64 bits per heavy atom. The molecule has 1 saturated heterocycles. The van der Waals surface area contributed by atoms with Gasteiger partial charge in [0.05, 0.1) is 6.61 Å². The highest BCUT2D eigenvalue weighted by Gasteiger charge is 2.12. The van der Waals surface area contributed by atoms with Crippen LogP contribution >= 0.6 is 0 Å². The third-order valence-corrected chi connectivity index (χ3v) is 2.89. The molecule has 14 heavy (non-hydrogen) atoms. The minimum Gasteiger partial charge on any atom is -0.381 e. The van der Waals surface area contributed by atoms with E-state index in [0.717, 1.165) is 19.8 Å². The van der Waals surface area contributed by atoms with Crippen LogP contribution in [0.2, 0.25) is 0 Å². The summed E-state index contributed by atoms with van der Waals surface area (Å²) in [5, 5.41) is 3.43. The van der Waals surface area contributed by atoms with Crippen LogP contribution in [-0.4, -0.2) is 25.8 Å². The average Bonchev–Trinajstić information content (AvgIpc) is 2.19.